The first-order valence-corrected chi connectivity index (χ1v) is 7.33. The Kier molecular flexibility index (Phi) is 4.68. The van der Waals surface area contributed by atoms with Crippen LogP contribution in [0, 0.1) is 0 Å². The van der Waals surface area contributed by atoms with Crippen molar-refractivity contribution in [3.05, 3.63) is 18.0 Å². The molecule has 1 saturated heterocycles. The van der Waals surface area contributed by atoms with E-state index in [0.717, 1.165) is 0 Å². The summed E-state index contributed by atoms with van der Waals surface area (Å²) < 4.78 is 12.9. The summed E-state index contributed by atoms with van der Waals surface area (Å²) in [7, 11) is 1.64. The first-order valence-electron chi connectivity index (χ1n) is 7.33. The van der Waals surface area contributed by atoms with Gasteiger partial charge in [0.05, 0.1) is 18.3 Å². The third-order valence-electron chi connectivity index (χ3n) is 3.48. The molecule has 1 amide bonds. The molecule has 0 bridgehead atoms. The van der Waals surface area contributed by atoms with Gasteiger partial charge >= 0.3 is 0 Å². The lowest BCUT2D eigenvalue weighted by molar-refractivity contribution is -0.143. The molecule has 1 aromatic heterocycles. The zero-order chi connectivity index (χ0) is 15.6. The van der Waals surface area contributed by atoms with E-state index < -0.39 is 0 Å². The monoisotopic (exact) mass is 295 g/mol. The fourth-order valence-corrected chi connectivity index (χ4v) is 2.62. The summed E-state index contributed by atoms with van der Waals surface area (Å²) in [4.78, 5) is 14.4. The molecular weight excluding hydrogens is 270 g/mol. The molecule has 1 atom stereocenters. The van der Waals surface area contributed by atoms with Gasteiger partial charge in [-0.1, -0.05) is 0 Å². The van der Waals surface area contributed by atoms with Crippen LogP contribution in [0.3, 0.4) is 0 Å². The van der Waals surface area contributed by atoms with Crippen LogP contribution < -0.4 is 0 Å². The molecule has 1 aliphatic rings. The Morgan fingerprint density at radius 3 is 2.86 bits per heavy atom. The molecule has 6 nitrogen and oxygen atoms in total. The van der Waals surface area contributed by atoms with Crippen molar-refractivity contribution in [3.8, 4) is 0 Å². The van der Waals surface area contributed by atoms with Crippen LogP contribution in [0.5, 0.6) is 0 Å². The van der Waals surface area contributed by atoms with E-state index in [4.69, 9.17) is 9.47 Å². The fourth-order valence-electron chi connectivity index (χ4n) is 2.62. The minimum absolute atomic E-state index is 0.0492. The Morgan fingerprint density at radius 1 is 1.57 bits per heavy atom. The van der Waals surface area contributed by atoms with E-state index in [-0.39, 0.29) is 23.7 Å². The minimum atomic E-state index is -0.377. The third kappa shape index (κ3) is 3.83. The molecule has 1 fully saturated rings. The number of amides is 1. The molecule has 21 heavy (non-hydrogen) atoms. The Labute approximate surface area is 126 Å². The molecule has 1 aliphatic heterocycles. The van der Waals surface area contributed by atoms with Gasteiger partial charge in [-0.2, -0.15) is 5.10 Å². The topological polar surface area (TPSA) is 56.6 Å². The van der Waals surface area contributed by atoms with Crippen LogP contribution in [-0.2, 0) is 9.47 Å². The van der Waals surface area contributed by atoms with Gasteiger partial charge in [0, 0.05) is 32.4 Å². The van der Waals surface area contributed by atoms with Crippen molar-refractivity contribution in [1.29, 1.82) is 0 Å². The highest BCUT2D eigenvalue weighted by molar-refractivity contribution is 5.92. The number of aromatic nitrogens is 2. The highest BCUT2D eigenvalue weighted by atomic mass is 16.5. The maximum Gasteiger partial charge on any atom is 0.274 e. The first kappa shape index (κ1) is 16.0. The first-order chi connectivity index (χ1) is 9.82. The van der Waals surface area contributed by atoms with Gasteiger partial charge in [0.25, 0.3) is 5.91 Å². The zero-order valence-electron chi connectivity index (χ0n) is 13.5. The van der Waals surface area contributed by atoms with Crippen molar-refractivity contribution in [2.24, 2.45) is 0 Å². The average Bonchev–Trinajstić information content (AvgIpc) is 2.86. The van der Waals surface area contributed by atoms with E-state index in [1.54, 1.807) is 22.8 Å². The van der Waals surface area contributed by atoms with Gasteiger partial charge in [0.2, 0.25) is 0 Å². The van der Waals surface area contributed by atoms with Gasteiger partial charge < -0.3 is 14.4 Å². The van der Waals surface area contributed by atoms with Crippen LogP contribution in [0.1, 0.15) is 44.2 Å². The molecule has 6 heteroatoms. The van der Waals surface area contributed by atoms with Gasteiger partial charge in [-0.3, -0.25) is 9.48 Å². The van der Waals surface area contributed by atoms with Gasteiger partial charge in [-0.05, 0) is 33.8 Å². The zero-order valence-corrected chi connectivity index (χ0v) is 13.5. The molecule has 0 saturated carbocycles. The summed E-state index contributed by atoms with van der Waals surface area (Å²) in [5.41, 5.74) is 0.107. The Balaban J connectivity index is 2.12. The summed E-state index contributed by atoms with van der Waals surface area (Å²) in [5.74, 6) is -0.0492. The van der Waals surface area contributed by atoms with Crippen LogP contribution in [0.15, 0.2) is 12.3 Å². The Bertz CT molecular complexity index is 496. The summed E-state index contributed by atoms with van der Waals surface area (Å²) in [6.07, 6.45) is 1.74. The molecule has 2 heterocycles. The lowest BCUT2D eigenvalue weighted by Crippen LogP contribution is -2.55. The average molecular weight is 295 g/mol. The molecule has 0 aromatic carbocycles. The molecule has 0 spiro atoms. The Hall–Kier alpha value is -1.40. The van der Waals surface area contributed by atoms with E-state index >= 15 is 0 Å². The van der Waals surface area contributed by atoms with E-state index in [2.05, 4.69) is 5.10 Å². The van der Waals surface area contributed by atoms with Crippen LogP contribution in [-0.4, -0.2) is 59.1 Å². The van der Waals surface area contributed by atoms with Crippen LogP contribution >= 0.6 is 0 Å². The lowest BCUT2D eigenvalue weighted by atomic mass is 10.0. The molecule has 2 rings (SSSR count). The SMILES string of the molecule is COCC1CN(C(=O)c2ccn(C(C)C)n2)CC(C)(C)O1. The third-order valence-corrected chi connectivity index (χ3v) is 3.48. The number of methoxy groups -OCH3 is 1. The number of carbonyl (C=O) groups is 1. The quantitative estimate of drug-likeness (QED) is 0.849. The maximum atomic E-state index is 12.6. The summed E-state index contributed by atoms with van der Waals surface area (Å²) >= 11 is 0. The van der Waals surface area contributed by atoms with Crippen LogP contribution in [0.4, 0.5) is 0 Å². The standard InChI is InChI=1S/C15H25N3O3/c1-11(2)18-7-6-13(16-18)14(19)17-8-12(9-20-5)21-15(3,4)10-17/h6-7,11-12H,8-10H2,1-5H3. The summed E-state index contributed by atoms with van der Waals surface area (Å²) in [5, 5.41) is 4.36. The largest absolute Gasteiger partial charge is 0.382 e. The predicted molar refractivity (Wildman–Crippen MR) is 79.3 cm³/mol. The fraction of sp³-hybridized carbons (Fsp3) is 0.733. The normalized spacial score (nSPS) is 21.8. The summed E-state index contributed by atoms with van der Waals surface area (Å²) in [6.45, 7) is 9.62. The molecule has 0 aliphatic carbocycles. The van der Waals surface area contributed by atoms with Crippen LogP contribution in [0.2, 0.25) is 0 Å². The van der Waals surface area contributed by atoms with Crippen molar-refractivity contribution in [3.63, 3.8) is 0 Å². The van der Waals surface area contributed by atoms with Gasteiger partial charge in [0.15, 0.2) is 0 Å². The van der Waals surface area contributed by atoms with Gasteiger partial charge in [0.1, 0.15) is 5.69 Å². The number of morpholine rings is 1. The number of rotatable bonds is 4. The smallest absolute Gasteiger partial charge is 0.274 e. The maximum absolute atomic E-state index is 12.6. The van der Waals surface area contributed by atoms with Crippen molar-refractivity contribution >= 4 is 5.91 Å². The van der Waals surface area contributed by atoms with Crippen molar-refractivity contribution < 1.29 is 14.3 Å². The van der Waals surface area contributed by atoms with E-state index in [1.165, 1.54) is 0 Å². The minimum Gasteiger partial charge on any atom is -0.382 e. The number of ether oxygens (including phenoxy) is 2. The molecule has 0 radical (unpaired) electrons. The molecule has 1 aromatic rings. The molecular formula is C15H25N3O3. The second kappa shape index (κ2) is 6.15. The van der Waals surface area contributed by atoms with Crippen molar-refractivity contribution in [2.45, 2.75) is 45.4 Å². The second-order valence-electron chi connectivity index (χ2n) is 6.42. The Morgan fingerprint density at radius 2 is 2.29 bits per heavy atom. The van der Waals surface area contributed by atoms with Gasteiger partial charge in [-0.15, -0.1) is 0 Å². The predicted octanol–water partition coefficient (Wildman–Crippen LogP) is 1.73. The number of hydrogen-bond acceptors (Lipinski definition) is 4. The van der Waals surface area contributed by atoms with Gasteiger partial charge in [-0.25, -0.2) is 0 Å². The number of hydrogen-bond donors (Lipinski definition) is 0. The summed E-state index contributed by atoms with van der Waals surface area (Å²) in [6, 6.07) is 2.02. The van der Waals surface area contributed by atoms with Crippen molar-refractivity contribution in [2.75, 3.05) is 26.8 Å². The molecule has 118 valence electrons. The van der Waals surface area contributed by atoms with Crippen molar-refractivity contribution in [1.82, 2.24) is 14.7 Å². The van der Waals surface area contributed by atoms with E-state index in [9.17, 15) is 4.79 Å². The lowest BCUT2D eigenvalue weighted by Gasteiger charge is -2.42. The number of carbonyl (C=O) groups excluding carboxylic acids is 1. The number of nitrogens with zero attached hydrogens (tertiary/aromatic N) is 3. The van der Waals surface area contributed by atoms with E-state index in [0.29, 0.717) is 25.4 Å². The highest BCUT2D eigenvalue weighted by Crippen LogP contribution is 2.22. The van der Waals surface area contributed by atoms with E-state index in [1.807, 2.05) is 33.9 Å². The highest BCUT2D eigenvalue weighted by Gasteiger charge is 2.36. The van der Waals surface area contributed by atoms with Crippen LogP contribution in [0.25, 0.3) is 0 Å². The second-order valence-corrected chi connectivity index (χ2v) is 6.42. The molecule has 0 N–H and O–H groups in total. The molecule has 1 unspecified atom stereocenters.